The van der Waals surface area contributed by atoms with Crippen LogP contribution in [0.5, 0.6) is 17.2 Å². The quantitative estimate of drug-likeness (QED) is 0.197. The van der Waals surface area contributed by atoms with E-state index >= 15 is 0 Å². The van der Waals surface area contributed by atoms with Crippen molar-refractivity contribution in [3.05, 3.63) is 93.5 Å². The molecule has 3 aromatic carbocycles. The number of rotatable bonds is 9. The Morgan fingerprint density at radius 2 is 1.47 bits per heavy atom. The predicted molar refractivity (Wildman–Crippen MR) is 132 cm³/mol. The van der Waals surface area contributed by atoms with Crippen LogP contribution in [0.4, 0.5) is 11.4 Å². The first-order valence-electron chi connectivity index (χ1n) is 10.2. The van der Waals surface area contributed by atoms with Crippen molar-refractivity contribution >= 4 is 35.5 Å². The van der Waals surface area contributed by atoms with Gasteiger partial charge in [-0.05, 0) is 59.2 Å². The molecule has 8 heteroatoms. The molecule has 0 unspecified atom stereocenters. The average Bonchev–Trinajstić information content (AvgIpc) is 2.85. The number of carbonyl (C=O) groups excluding carboxylic acids is 1. The van der Waals surface area contributed by atoms with E-state index in [-0.39, 0.29) is 11.6 Å². The highest BCUT2D eigenvalue weighted by Crippen LogP contribution is 2.38. The van der Waals surface area contributed by atoms with Crippen LogP contribution in [0.1, 0.15) is 16.7 Å². The molecule has 0 saturated carbocycles. The monoisotopic (exact) mass is 460 g/mol. The lowest BCUT2D eigenvalue weighted by Gasteiger charge is -2.12. The molecule has 0 spiro atoms. The van der Waals surface area contributed by atoms with E-state index in [4.69, 9.17) is 14.2 Å². The Hall–Kier alpha value is -4.59. The number of nitrogens with zero attached hydrogens (tertiary/aromatic N) is 1. The summed E-state index contributed by atoms with van der Waals surface area (Å²) < 4.78 is 16.1. The van der Waals surface area contributed by atoms with Crippen molar-refractivity contribution in [2.75, 3.05) is 26.6 Å². The predicted octanol–water partition coefficient (Wildman–Crippen LogP) is 5.44. The first kappa shape index (κ1) is 24.1. The smallest absolute Gasteiger partial charge is 0.269 e. The zero-order valence-corrected chi connectivity index (χ0v) is 19.0. The molecule has 0 aliphatic carbocycles. The van der Waals surface area contributed by atoms with Crippen LogP contribution in [0.15, 0.2) is 66.7 Å². The molecule has 0 aliphatic heterocycles. The summed E-state index contributed by atoms with van der Waals surface area (Å²) in [7, 11) is 4.68. The molecule has 0 aliphatic rings. The Labute approximate surface area is 197 Å². The van der Waals surface area contributed by atoms with E-state index in [2.05, 4.69) is 5.32 Å². The summed E-state index contributed by atoms with van der Waals surface area (Å²) in [5.74, 6) is 1.32. The Bertz CT molecular complexity index is 1210. The number of ether oxygens (including phenoxy) is 3. The Morgan fingerprint density at radius 3 is 2.06 bits per heavy atom. The Kier molecular flexibility index (Phi) is 8.02. The summed E-state index contributed by atoms with van der Waals surface area (Å²) in [6, 6.07) is 17.0. The fourth-order valence-corrected chi connectivity index (χ4v) is 3.17. The number of nitro groups is 1. The number of benzene rings is 3. The molecule has 0 aromatic heterocycles. The number of hydrogen-bond acceptors (Lipinski definition) is 6. The van der Waals surface area contributed by atoms with E-state index in [9.17, 15) is 14.9 Å². The Morgan fingerprint density at radius 1 is 0.824 bits per heavy atom. The minimum atomic E-state index is -0.469. The molecule has 3 rings (SSSR count). The molecular formula is C26H24N2O6. The maximum Gasteiger partial charge on any atom is 0.269 e. The van der Waals surface area contributed by atoms with E-state index in [0.717, 1.165) is 11.1 Å². The lowest BCUT2D eigenvalue weighted by molar-refractivity contribution is -0.384. The fourth-order valence-electron chi connectivity index (χ4n) is 3.17. The molecule has 1 N–H and O–H groups in total. The van der Waals surface area contributed by atoms with Gasteiger partial charge in [-0.25, -0.2) is 0 Å². The molecule has 0 atom stereocenters. The van der Waals surface area contributed by atoms with Crippen LogP contribution in [0, 0.1) is 10.1 Å². The molecule has 0 heterocycles. The van der Waals surface area contributed by atoms with Gasteiger partial charge in [0.15, 0.2) is 11.5 Å². The molecule has 0 saturated heterocycles. The van der Waals surface area contributed by atoms with Crippen molar-refractivity contribution in [3.8, 4) is 17.2 Å². The van der Waals surface area contributed by atoms with Gasteiger partial charge in [0.05, 0.1) is 26.3 Å². The van der Waals surface area contributed by atoms with E-state index in [1.807, 2.05) is 42.5 Å². The average molecular weight is 460 g/mol. The van der Waals surface area contributed by atoms with Crippen LogP contribution in [-0.2, 0) is 4.79 Å². The SMILES string of the molecule is COc1cc(/C=C/c2cccc(NC(=O)/C=C/c3ccc([N+](=O)[O-])cc3)c2)cc(OC)c1OC. The van der Waals surface area contributed by atoms with Crippen molar-refractivity contribution in [2.45, 2.75) is 0 Å². The number of anilines is 1. The van der Waals surface area contributed by atoms with Crippen molar-refractivity contribution in [1.29, 1.82) is 0 Å². The van der Waals surface area contributed by atoms with E-state index in [0.29, 0.717) is 28.5 Å². The summed E-state index contributed by atoms with van der Waals surface area (Å²) in [6.07, 6.45) is 6.77. The van der Waals surface area contributed by atoms with Crippen LogP contribution in [0.25, 0.3) is 18.2 Å². The molecule has 8 nitrogen and oxygen atoms in total. The largest absolute Gasteiger partial charge is 0.493 e. The lowest BCUT2D eigenvalue weighted by Crippen LogP contribution is -2.07. The third kappa shape index (κ3) is 6.23. The van der Waals surface area contributed by atoms with Crippen LogP contribution >= 0.6 is 0 Å². The maximum absolute atomic E-state index is 12.3. The third-order valence-electron chi connectivity index (χ3n) is 4.84. The molecule has 0 bridgehead atoms. The van der Waals surface area contributed by atoms with Gasteiger partial charge < -0.3 is 19.5 Å². The van der Waals surface area contributed by atoms with Crippen molar-refractivity contribution in [2.24, 2.45) is 0 Å². The minimum absolute atomic E-state index is 0.00185. The lowest BCUT2D eigenvalue weighted by atomic mass is 10.1. The topological polar surface area (TPSA) is 99.9 Å². The zero-order valence-electron chi connectivity index (χ0n) is 19.0. The third-order valence-corrected chi connectivity index (χ3v) is 4.84. The van der Waals surface area contributed by atoms with Gasteiger partial charge in [0.25, 0.3) is 5.69 Å². The molecule has 34 heavy (non-hydrogen) atoms. The Balaban J connectivity index is 1.69. The van der Waals surface area contributed by atoms with Gasteiger partial charge in [-0.3, -0.25) is 14.9 Å². The van der Waals surface area contributed by atoms with Gasteiger partial charge in [-0.1, -0.05) is 24.3 Å². The second-order valence-electron chi connectivity index (χ2n) is 7.09. The van der Waals surface area contributed by atoms with Crippen molar-refractivity contribution in [3.63, 3.8) is 0 Å². The molecule has 174 valence electrons. The maximum atomic E-state index is 12.3. The number of methoxy groups -OCH3 is 3. The number of nitro benzene ring substituents is 1. The second kappa shape index (κ2) is 11.3. The van der Waals surface area contributed by atoms with E-state index in [1.54, 1.807) is 45.6 Å². The first-order chi connectivity index (χ1) is 16.4. The van der Waals surface area contributed by atoms with Gasteiger partial charge in [-0.15, -0.1) is 0 Å². The molecule has 1 amide bonds. The van der Waals surface area contributed by atoms with Crippen LogP contribution in [-0.4, -0.2) is 32.2 Å². The number of amides is 1. The summed E-state index contributed by atoms with van der Waals surface area (Å²) in [5.41, 5.74) is 3.05. The molecule has 0 fully saturated rings. The highest BCUT2D eigenvalue weighted by atomic mass is 16.6. The second-order valence-corrected chi connectivity index (χ2v) is 7.09. The van der Waals surface area contributed by atoms with E-state index in [1.165, 1.54) is 18.2 Å². The van der Waals surface area contributed by atoms with Crippen LogP contribution in [0.2, 0.25) is 0 Å². The first-order valence-corrected chi connectivity index (χ1v) is 10.2. The summed E-state index contributed by atoms with van der Waals surface area (Å²) in [6.45, 7) is 0. The van der Waals surface area contributed by atoms with Gasteiger partial charge >= 0.3 is 0 Å². The zero-order chi connectivity index (χ0) is 24.5. The summed E-state index contributed by atoms with van der Waals surface area (Å²) in [5, 5.41) is 13.5. The minimum Gasteiger partial charge on any atom is -0.493 e. The van der Waals surface area contributed by atoms with Gasteiger partial charge in [0.1, 0.15) is 0 Å². The highest BCUT2D eigenvalue weighted by molar-refractivity contribution is 6.02. The number of nitrogens with one attached hydrogen (secondary N) is 1. The van der Waals surface area contributed by atoms with Crippen LogP contribution in [0.3, 0.4) is 0 Å². The molecule has 0 radical (unpaired) electrons. The number of carbonyl (C=O) groups is 1. The number of non-ortho nitro benzene ring substituents is 1. The summed E-state index contributed by atoms with van der Waals surface area (Å²) in [4.78, 5) is 22.5. The molecule has 3 aromatic rings. The summed E-state index contributed by atoms with van der Waals surface area (Å²) >= 11 is 0. The number of hydrogen-bond donors (Lipinski definition) is 1. The highest BCUT2D eigenvalue weighted by Gasteiger charge is 2.12. The van der Waals surface area contributed by atoms with Gasteiger partial charge in [0.2, 0.25) is 11.7 Å². The molecular weight excluding hydrogens is 436 g/mol. The van der Waals surface area contributed by atoms with Crippen LogP contribution < -0.4 is 19.5 Å². The van der Waals surface area contributed by atoms with E-state index < -0.39 is 4.92 Å². The van der Waals surface area contributed by atoms with Gasteiger partial charge in [-0.2, -0.15) is 0 Å². The standard InChI is InChI=1S/C26H24N2O6/c1-32-23-16-20(17-24(33-2)26(23)34-3)8-7-19-5-4-6-21(15-19)27-25(29)14-11-18-9-12-22(13-10-18)28(30)31/h4-17H,1-3H3,(H,27,29)/b8-7+,14-11+. The normalized spacial score (nSPS) is 10.9. The fraction of sp³-hybridized carbons (Fsp3) is 0.115. The van der Waals surface area contributed by atoms with Crippen molar-refractivity contribution in [1.82, 2.24) is 0 Å². The van der Waals surface area contributed by atoms with Gasteiger partial charge in [0, 0.05) is 23.9 Å². The van der Waals surface area contributed by atoms with Crippen molar-refractivity contribution < 1.29 is 23.9 Å².